The van der Waals surface area contributed by atoms with Crippen molar-refractivity contribution in [2.45, 2.75) is 39.2 Å². The summed E-state index contributed by atoms with van der Waals surface area (Å²) in [4.78, 5) is 11.1. The Bertz CT molecular complexity index is 129. The molecule has 0 spiro atoms. The maximum absolute atomic E-state index is 11.1. The first kappa shape index (κ1) is 7.58. The van der Waals surface area contributed by atoms with Crippen molar-refractivity contribution in [3.8, 4) is 0 Å². The van der Waals surface area contributed by atoms with Gasteiger partial charge in [-0.3, -0.25) is 4.79 Å². The molecule has 0 heterocycles. The molecular formula is C8H15NO. The van der Waals surface area contributed by atoms with Gasteiger partial charge >= 0.3 is 0 Å². The highest BCUT2D eigenvalue weighted by Crippen LogP contribution is 2.19. The summed E-state index contributed by atoms with van der Waals surface area (Å²) in [5.74, 6) is 0.422. The Morgan fingerprint density at radius 2 is 2.30 bits per heavy atom. The Hall–Kier alpha value is -0.530. The summed E-state index contributed by atoms with van der Waals surface area (Å²) in [6, 6.07) is 0.515. The lowest BCUT2D eigenvalue weighted by molar-refractivity contribution is -0.124. The fraction of sp³-hybridized carbons (Fsp3) is 0.875. The molecule has 1 atom stereocenters. The molecule has 10 heavy (non-hydrogen) atoms. The van der Waals surface area contributed by atoms with E-state index < -0.39 is 0 Å². The second-order valence-electron chi connectivity index (χ2n) is 3.09. The number of rotatable bonds is 3. The van der Waals surface area contributed by atoms with Crippen LogP contribution in [0.4, 0.5) is 0 Å². The quantitative estimate of drug-likeness (QED) is 0.631. The van der Waals surface area contributed by atoms with Crippen LogP contribution in [0.1, 0.15) is 33.1 Å². The molecular weight excluding hydrogens is 126 g/mol. The van der Waals surface area contributed by atoms with Gasteiger partial charge in [0.1, 0.15) is 0 Å². The molecule has 0 aromatic heterocycles. The minimum absolute atomic E-state index is 0.195. The summed E-state index contributed by atoms with van der Waals surface area (Å²) in [6.07, 6.45) is 3.31. The number of amides is 1. The summed E-state index contributed by atoms with van der Waals surface area (Å²) < 4.78 is 0. The third-order valence-corrected chi connectivity index (χ3v) is 1.98. The van der Waals surface area contributed by atoms with Gasteiger partial charge in [0.25, 0.3) is 0 Å². The molecule has 58 valence electrons. The van der Waals surface area contributed by atoms with Crippen molar-refractivity contribution in [2.75, 3.05) is 0 Å². The second-order valence-corrected chi connectivity index (χ2v) is 3.09. The van der Waals surface area contributed by atoms with Gasteiger partial charge in [0.05, 0.1) is 0 Å². The molecule has 0 aromatic rings. The summed E-state index contributed by atoms with van der Waals surface area (Å²) in [6.45, 7) is 4.01. The van der Waals surface area contributed by atoms with Crippen molar-refractivity contribution in [3.05, 3.63) is 0 Å². The molecule has 0 aliphatic heterocycles. The lowest BCUT2D eigenvalue weighted by Gasteiger charge is -2.07. The fourth-order valence-electron chi connectivity index (χ4n) is 0.757. The van der Waals surface area contributed by atoms with Crippen molar-refractivity contribution in [3.63, 3.8) is 0 Å². The Morgan fingerprint density at radius 1 is 1.70 bits per heavy atom. The molecule has 1 amide bonds. The van der Waals surface area contributed by atoms with Crippen LogP contribution in [0, 0.1) is 5.92 Å². The molecule has 1 fully saturated rings. The molecule has 0 aromatic carbocycles. The predicted molar refractivity (Wildman–Crippen MR) is 40.6 cm³/mol. The van der Waals surface area contributed by atoms with E-state index >= 15 is 0 Å². The molecule has 0 saturated heterocycles. The molecule has 1 N–H and O–H groups in total. The maximum atomic E-state index is 11.1. The summed E-state index contributed by atoms with van der Waals surface area (Å²) >= 11 is 0. The van der Waals surface area contributed by atoms with Gasteiger partial charge < -0.3 is 5.32 Å². The van der Waals surface area contributed by atoms with Crippen molar-refractivity contribution in [1.29, 1.82) is 0 Å². The molecule has 0 radical (unpaired) electrons. The van der Waals surface area contributed by atoms with Crippen LogP contribution in [0.2, 0.25) is 0 Å². The van der Waals surface area contributed by atoms with Gasteiger partial charge in [-0.1, -0.05) is 13.8 Å². The number of nitrogens with one attached hydrogen (secondary N) is 1. The van der Waals surface area contributed by atoms with Crippen LogP contribution in [0.3, 0.4) is 0 Å². The molecule has 1 aliphatic carbocycles. The molecule has 1 aliphatic rings. The molecule has 0 bridgehead atoms. The minimum atomic E-state index is 0.195. The highest BCUT2D eigenvalue weighted by Gasteiger charge is 2.24. The van der Waals surface area contributed by atoms with E-state index in [1.807, 2.05) is 13.8 Å². The van der Waals surface area contributed by atoms with Crippen molar-refractivity contribution in [2.24, 2.45) is 5.92 Å². The first-order chi connectivity index (χ1) is 4.74. The van der Waals surface area contributed by atoms with E-state index in [9.17, 15) is 4.79 Å². The van der Waals surface area contributed by atoms with E-state index in [2.05, 4.69) is 5.32 Å². The van der Waals surface area contributed by atoms with Gasteiger partial charge in [-0.15, -0.1) is 0 Å². The largest absolute Gasteiger partial charge is 0.353 e. The summed E-state index contributed by atoms with van der Waals surface area (Å²) in [5.41, 5.74) is 0. The molecule has 0 unspecified atom stereocenters. The number of carbonyl (C=O) groups is 1. The number of carbonyl (C=O) groups excluding carboxylic acids is 1. The first-order valence-electron chi connectivity index (χ1n) is 4.04. The normalized spacial score (nSPS) is 20.2. The molecule has 1 rings (SSSR count). The van der Waals surface area contributed by atoms with Crippen molar-refractivity contribution in [1.82, 2.24) is 5.32 Å². The molecule has 1 saturated carbocycles. The zero-order chi connectivity index (χ0) is 7.56. The summed E-state index contributed by atoms with van der Waals surface area (Å²) in [7, 11) is 0. The second kappa shape index (κ2) is 3.04. The average molecular weight is 141 g/mol. The van der Waals surface area contributed by atoms with Gasteiger partial charge in [0.15, 0.2) is 0 Å². The standard InChI is InChI=1S/C8H15NO/c1-3-6(2)8(10)9-7-4-5-7/h6-7H,3-5H2,1-2H3,(H,9,10)/t6-/m1/s1. The smallest absolute Gasteiger partial charge is 0.223 e. The summed E-state index contributed by atoms with van der Waals surface area (Å²) in [5, 5.41) is 2.97. The van der Waals surface area contributed by atoms with E-state index in [1.54, 1.807) is 0 Å². The van der Waals surface area contributed by atoms with Gasteiger partial charge in [-0.2, -0.15) is 0 Å². The van der Waals surface area contributed by atoms with Crippen LogP contribution < -0.4 is 5.32 Å². The van der Waals surface area contributed by atoms with Gasteiger partial charge in [0, 0.05) is 12.0 Å². The van der Waals surface area contributed by atoms with Crippen LogP contribution in [0.25, 0.3) is 0 Å². The van der Waals surface area contributed by atoms with Crippen molar-refractivity contribution >= 4 is 5.91 Å². The van der Waals surface area contributed by atoms with Crippen LogP contribution >= 0.6 is 0 Å². The van der Waals surface area contributed by atoms with E-state index in [1.165, 1.54) is 12.8 Å². The van der Waals surface area contributed by atoms with Gasteiger partial charge in [-0.25, -0.2) is 0 Å². The zero-order valence-corrected chi connectivity index (χ0v) is 6.68. The van der Waals surface area contributed by atoms with E-state index in [0.29, 0.717) is 6.04 Å². The topological polar surface area (TPSA) is 29.1 Å². The van der Waals surface area contributed by atoms with Crippen LogP contribution in [0.5, 0.6) is 0 Å². The third kappa shape index (κ3) is 2.01. The monoisotopic (exact) mass is 141 g/mol. The number of hydrogen-bond donors (Lipinski definition) is 1. The third-order valence-electron chi connectivity index (χ3n) is 1.98. The number of hydrogen-bond acceptors (Lipinski definition) is 1. The Morgan fingerprint density at radius 3 is 2.70 bits per heavy atom. The predicted octanol–water partition coefficient (Wildman–Crippen LogP) is 1.31. The van der Waals surface area contributed by atoms with Gasteiger partial charge in [-0.05, 0) is 19.3 Å². The average Bonchev–Trinajstić information content (AvgIpc) is 2.70. The maximum Gasteiger partial charge on any atom is 0.223 e. The Balaban J connectivity index is 2.18. The van der Waals surface area contributed by atoms with E-state index in [4.69, 9.17) is 0 Å². The van der Waals surface area contributed by atoms with Crippen LogP contribution in [0.15, 0.2) is 0 Å². The van der Waals surface area contributed by atoms with Gasteiger partial charge in [0.2, 0.25) is 5.91 Å². The highest BCUT2D eigenvalue weighted by molar-refractivity contribution is 5.78. The lowest BCUT2D eigenvalue weighted by atomic mass is 10.1. The molecule has 2 nitrogen and oxygen atoms in total. The highest BCUT2D eigenvalue weighted by atomic mass is 16.1. The first-order valence-corrected chi connectivity index (χ1v) is 4.04. The SMILES string of the molecule is CC[C@@H](C)C(=O)NC1CC1. The molecule has 2 heteroatoms. The van der Waals surface area contributed by atoms with Crippen LogP contribution in [-0.2, 0) is 4.79 Å². The minimum Gasteiger partial charge on any atom is -0.353 e. The zero-order valence-electron chi connectivity index (χ0n) is 6.68. The van der Waals surface area contributed by atoms with Crippen molar-refractivity contribution < 1.29 is 4.79 Å². The Labute approximate surface area is 62.0 Å². The lowest BCUT2D eigenvalue weighted by Crippen LogP contribution is -2.30. The fourth-order valence-corrected chi connectivity index (χ4v) is 0.757. The van der Waals surface area contributed by atoms with E-state index in [0.717, 1.165) is 6.42 Å². The Kier molecular flexibility index (Phi) is 2.30. The van der Waals surface area contributed by atoms with E-state index in [-0.39, 0.29) is 11.8 Å². The van der Waals surface area contributed by atoms with Crippen LogP contribution in [-0.4, -0.2) is 11.9 Å².